The van der Waals surface area contributed by atoms with Gasteiger partial charge in [0.1, 0.15) is 12.2 Å². The molecule has 7 heteroatoms. The molecule has 0 saturated heterocycles. The second-order valence-electron chi connectivity index (χ2n) is 4.63. The lowest BCUT2D eigenvalue weighted by Gasteiger charge is -2.00. The number of aromatic nitrogens is 5. The van der Waals surface area contributed by atoms with Gasteiger partial charge in [-0.25, -0.2) is 4.68 Å². The Hall–Kier alpha value is -2.54. The van der Waals surface area contributed by atoms with E-state index in [1.54, 1.807) is 10.9 Å². The first kappa shape index (κ1) is 13.4. The molecule has 0 bridgehead atoms. The van der Waals surface area contributed by atoms with E-state index in [9.17, 15) is 5.11 Å². The predicted octanol–water partition coefficient (Wildman–Crippen LogP) is 1.82. The highest BCUT2D eigenvalue weighted by Gasteiger charge is 2.12. The maximum atomic E-state index is 9.69. The van der Waals surface area contributed by atoms with Crippen LogP contribution in [0, 0.1) is 0 Å². The minimum atomic E-state index is -0.596. The average Bonchev–Trinajstić information content (AvgIpc) is 3.17. The van der Waals surface area contributed by atoms with Gasteiger partial charge in [0.2, 0.25) is 11.8 Å². The van der Waals surface area contributed by atoms with Crippen molar-refractivity contribution in [3.8, 4) is 11.5 Å². The van der Waals surface area contributed by atoms with E-state index < -0.39 is 6.10 Å². The van der Waals surface area contributed by atoms with Crippen LogP contribution in [0.25, 0.3) is 11.5 Å². The van der Waals surface area contributed by atoms with Crippen molar-refractivity contribution >= 4 is 0 Å². The highest BCUT2D eigenvalue weighted by Crippen LogP contribution is 2.17. The lowest BCUT2D eigenvalue weighted by Crippen LogP contribution is -2.00. The molecule has 3 rings (SSSR count). The molecule has 1 aromatic carbocycles. The molecular formula is C14H15N5O2. The minimum Gasteiger partial charge on any atom is -0.419 e. The summed E-state index contributed by atoms with van der Waals surface area (Å²) < 4.78 is 7.16. The number of rotatable bonds is 5. The van der Waals surface area contributed by atoms with E-state index in [0.29, 0.717) is 30.4 Å². The average molecular weight is 285 g/mol. The fourth-order valence-electron chi connectivity index (χ4n) is 1.91. The summed E-state index contributed by atoms with van der Waals surface area (Å²) >= 11 is 0. The molecule has 21 heavy (non-hydrogen) atoms. The fourth-order valence-corrected chi connectivity index (χ4v) is 1.91. The van der Waals surface area contributed by atoms with Gasteiger partial charge >= 0.3 is 0 Å². The zero-order valence-corrected chi connectivity index (χ0v) is 11.5. The van der Waals surface area contributed by atoms with Gasteiger partial charge in [0.25, 0.3) is 0 Å². The number of hydrogen-bond acceptors (Lipinski definition) is 6. The Labute approximate surface area is 121 Å². The van der Waals surface area contributed by atoms with Gasteiger partial charge in [-0.3, -0.25) is 0 Å². The quantitative estimate of drug-likeness (QED) is 0.769. The molecule has 0 saturated carbocycles. The molecule has 0 aliphatic rings. The van der Waals surface area contributed by atoms with Crippen LogP contribution < -0.4 is 0 Å². The number of benzene rings is 1. The van der Waals surface area contributed by atoms with Gasteiger partial charge in [-0.2, -0.15) is 0 Å². The van der Waals surface area contributed by atoms with Gasteiger partial charge in [-0.1, -0.05) is 30.3 Å². The Morgan fingerprint density at radius 2 is 2.00 bits per heavy atom. The van der Waals surface area contributed by atoms with Gasteiger partial charge in [-0.15, -0.1) is 15.3 Å². The molecule has 3 aromatic rings. The highest BCUT2D eigenvalue weighted by molar-refractivity contribution is 5.51. The van der Waals surface area contributed by atoms with E-state index in [2.05, 4.69) is 20.5 Å². The second-order valence-corrected chi connectivity index (χ2v) is 4.63. The van der Waals surface area contributed by atoms with E-state index in [1.807, 2.05) is 37.3 Å². The van der Waals surface area contributed by atoms with E-state index in [0.717, 1.165) is 5.56 Å². The topological polar surface area (TPSA) is 89.9 Å². The van der Waals surface area contributed by atoms with Crippen molar-refractivity contribution in [2.24, 2.45) is 0 Å². The summed E-state index contributed by atoms with van der Waals surface area (Å²) in [6.45, 7) is 2.21. The molecule has 0 spiro atoms. The number of aliphatic hydroxyl groups excluding tert-OH is 1. The third-order valence-corrected chi connectivity index (χ3v) is 3.07. The summed E-state index contributed by atoms with van der Waals surface area (Å²) in [4.78, 5) is 0. The second kappa shape index (κ2) is 5.84. The molecule has 0 aliphatic carbocycles. The van der Waals surface area contributed by atoms with Gasteiger partial charge in [0.05, 0.1) is 12.3 Å². The lowest BCUT2D eigenvalue weighted by molar-refractivity contribution is 0.168. The summed E-state index contributed by atoms with van der Waals surface area (Å²) in [6, 6.07) is 9.56. The van der Waals surface area contributed by atoms with Crippen LogP contribution in [0.4, 0.5) is 0 Å². The van der Waals surface area contributed by atoms with Crippen molar-refractivity contribution in [3.63, 3.8) is 0 Å². The van der Waals surface area contributed by atoms with Crippen LogP contribution in [0.1, 0.15) is 31.0 Å². The molecule has 0 amide bonds. The minimum absolute atomic E-state index is 0.323. The normalized spacial score (nSPS) is 12.5. The van der Waals surface area contributed by atoms with E-state index >= 15 is 0 Å². The summed E-state index contributed by atoms with van der Waals surface area (Å²) in [5.41, 5.74) is 1.41. The standard InChI is InChI=1S/C14H15N5O2/c1-2-12(20)11-8-19(18-15-11)9-13-16-17-14(21-13)10-6-4-3-5-7-10/h3-8,12,20H,2,9H2,1H3. The van der Waals surface area contributed by atoms with Gasteiger partial charge in [-0.05, 0) is 18.6 Å². The molecule has 0 aliphatic heterocycles. The summed E-state index contributed by atoms with van der Waals surface area (Å²) in [7, 11) is 0. The molecular weight excluding hydrogens is 270 g/mol. The maximum Gasteiger partial charge on any atom is 0.247 e. The predicted molar refractivity (Wildman–Crippen MR) is 74.1 cm³/mol. The highest BCUT2D eigenvalue weighted by atomic mass is 16.4. The largest absolute Gasteiger partial charge is 0.419 e. The first-order chi connectivity index (χ1) is 10.3. The molecule has 0 radical (unpaired) electrons. The van der Waals surface area contributed by atoms with Gasteiger partial charge < -0.3 is 9.52 Å². The molecule has 108 valence electrons. The van der Waals surface area contributed by atoms with E-state index in [-0.39, 0.29) is 0 Å². The molecule has 2 aromatic heterocycles. The Bertz CT molecular complexity index is 707. The Balaban J connectivity index is 1.74. The molecule has 2 heterocycles. The smallest absolute Gasteiger partial charge is 0.247 e. The van der Waals surface area contributed by atoms with Gasteiger partial charge in [0.15, 0.2) is 0 Å². The number of nitrogens with zero attached hydrogens (tertiary/aromatic N) is 5. The van der Waals surface area contributed by atoms with Crippen molar-refractivity contribution in [2.45, 2.75) is 26.0 Å². The monoisotopic (exact) mass is 285 g/mol. The van der Waals surface area contributed by atoms with Crippen LogP contribution in [0.3, 0.4) is 0 Å². The molecule has 0 fully saturated rings. The summed E-state index contributed by atoms with van der Waals surface area (Å²) in [6.07, 6.45) is 1.68. The van der Waals surface area contributed by atoms with Crippen molar-refractivity contribution in [1.82, 2.24) is 25.2 Å². The Kier molecular flexibility index (Phi) is 3.74. The molecule has 1 unspecified atom stereocenters. The van der Waals surface area contributed by atoms with Crippen molar-refractivity contribution in [1.29, 1.82) is 0 Å². The zero-order valence-electron chi connectivity index (χ0n) is 11.5. The van der Waals surface area contributed by atoms with Crippen molar-refractivity contribution in [2.75, 3.05) is 0 Å². The molecule has 1 atom stereocenters. The molecule has 1 N–H and O–H groups in total. The van der Waals surface area contributed by atoms with Crippen LogP contribution in [0.15, 0.2) is 40.9 Å². The van der Waals surface area contributed by atoms with Crippen molar-refractivity contribution < 1.29 is 9.52 Å². The summed E-state index contributed by atoms with van der Waals surface area (Å²) in [5.74, 6) is 0.913. The molecule has 7 nitrogen and oxygen atoms in total. The van der Waals surface area contributed by atoms with Crippen LogP contribution in [-0.4, -0.2) is 30.3 Å². The van der Waals surface area contributed by atoms with Crippen LogP contribution in [0.5, 0.6) is 0 Å². The lowest BCUT2D eigenvalue weighted by atomic mass is 10.2. The SMILES string of the molecule is CCC(O)c1cn(Cc2nnc(-c3ccccc3)o2)nn1. The number of hydrogen-bond donors (Lipinski definition) is 1. The van der Waals surface area contributed by atoms with Gasteiger partial charge in [0, 0.05) is 5.56 Å². The van der Waals surface area contributed by atoms with Crippen LogP contribution in [-0.2, 0) is 6.54 Å². The third-order valence-electron chi connectivity index (χ3n) is 3.07. The van der Waals surface area contributed by atoms with Crippen LogP contribution in [0.2, 0.25) is 0 Å². The first-order valence-corrected chi connectivity index (χ1v) is 6.72. The Morgan fingerprint density at radius 1 is 1.19 bits per heavy atom. The maximum absolute atomic E-state index is 9.69. The number of aliphatic hydroxyl groups is 1. The van der Waals surface area contributed by atoms with Crippen LogP contribution >= 0.6 is 0 Å². The summed E-state index contributed by atoms with van der Waals surface area (Å²) in [5, 5.41) is 25.6. The van der Waals surface area contributed by atoms with Crippen molar-refractivity contribution in [3.05, 3.63) is 48.1 Å². The first-order valence-electron chi connectivity index (χ1n) is 6.72. The Morgan fingerprint density at radius 3 is 2.76 bits per heavy atom. The van der Waals surface area contributed by atoms with E-state index in [1.165, 1.54) is 0 Å². The fraction of sp³-hybridized carbons (Fsp3) is 0.286. The van der Waals surface area contributed by atoms with E-state index in [4.69, 9.17) is 4.42 Å². The zero-order chi connectivity index (χ0) is 14.7. The third kappa shape index (κ3) is 2.97.